The first-order valence-corrected chi connectivity index (χ1v) is 10.7. The number of aliphatic hydroxyl groups is 1. The van der Waals surface area contributed by atoms with Gasteiger partial charge >= 0.3 is 12.2 Å². The number of nitrogens with one attached hydrogen (secondary N) is 2. The van der Waals surface area contributed by atoms with Gasteiger partial charge in [-0.25, -0.2) is 4.79 Å². The van der Waals surface area contributed by atoms with Gasteiger partial charge in [0.2, 0.25) is 0 Å². The van der Waals surface area contributed by atoms with Crippen molar-refractivity contribution in [3.05, 3.63) is 54.1 Å². The van der Waals surface area contributed by atoms with Crippen molar-refractivity contribution in [2.24, 2.45) is 0 Å². The molecule has 7 nitrogen and oxygen atoms in total. The smallest absolute Gasteiger partial charge is 0.416 e. The molecule has 182 valence electrons. The molecule has 0 aliphatic heterocycles. The predicted octanol–water partition coefficient (Wildman–Crippen LogP) is 3.99. The first kappa shape index (κ1) is 26.3. The van der Waals surface area contributed by atoms with Crippen molar-refractivity contribution in [2.45, 2.75) is 26.1 Å². The standard InChI is InChI=1S/C23H30F3N3O4/c1-3-29(4-2)12-13-32-21-11-6-5-10-20(21)28-22(31)27-15-18(30)16-33-19-9-7-8-17(14-19)23(24,25)26/h5-11,14,18,30H,3-4,12-13,15-16H2,1-2H3,(H2,27,28,31)/t18-/m0/s1. The lowest BCUT2D eigenvalue weighted by molar-refractivity contribution is -0.137. The summed E-state index contributed by atoms with van der Waals surface area (Å²) in [7, 11) is 0. The lowest BCUT2D eigenvalue weighted by Crippen LogP contribution is -2.37. The molecular formula is C23H30F3N3O4. The summed E-state index contributed by atoms with van der Waals surface area (Å²) in [6, 6.07) is 10.8. The third-order valence-electron chi connectivity index (χ3n) is 4.80. The summed E-state index contributed by atoms with van der Waals surface area (Å²) >= 11 is 0. The van der Waals surface area contributed by atoms with Crippen LogP contribution in [0, 0.1) is 0 Å². The van der Waals surface area contributed by atoms with Crippen LogP contribution < -0.4 is 20.1 Å². The maximum absolute atomic E-state index is 12.8. The fourth-order valence-electron chi connectivity index (χ4n) is 2.91. The quantitative estimate of drug-likeness (QED) is 0.438. The van der Waals surface area contributed by atoms with E-state index in [-0.39, 0.29) is 18.9 Å². The van der Waals surface area contributed by atoms with Crippen LogP contribution in [0.1, 0.15) is 19.4 Å². The largest absolute Gasteiger partial charge is 0.491 e. The van der Waals surface area contributed by atoms with E-state index in [2.05, 4.69) is 29.4 Å². The molecule has 0 saturated carbocycles. The Morgan fingerprint density at radius 1 is 1.09 bits per heavy atom. The molecule has 0 saturated heterocycles. The number of likely N-dealkylation sites (N-methyl/N-ethyl adjacent to an activating group) is 1. The zero-order valence-corrected chi connectivity index (χ0v) is 18.7. The molecule has 2 amide bonds. The third-order valence-corrected chi connectivity index (χ3v) is 4.80. The Balaban J connectivity index is 1.79. The van der Waals surface area contributed by atoms with Crippen molar-refractivity contribution < 1.29 is 32.5 Å². The highest BCUT2D eigenvalue weighted by atomic mass is 19.4. The normalized spacial score (nSPS) is 12.3. The number of carbonyl (C=O) groups excluding carboxylic acids is 1. The topological polar surface area (TPSA) is 83.1 Å². The third kappa shape index (κ3) is 9.19. The van der Waals surface area contributed by atoms with Crippen LogP contribution in [0.4, 0.5) is 23.7 Å². The fraction of sp³-hybridized carbons (Fsp3) is 0.435. The molecule has 0 aliphatic rings. The summed E-state index contributed by atoms with van der Waals surface area (Å²) in [5.41, 5.74) is -0.366. The van der Waals surface area contributed by atoms with E-state index in [1.807, 2.05) is 0 Å². The van der Waals surface area contributed by atoms with Crippen LogP contribution in [-0.2, 0) is 6.18 Å². The van der Waals surface area contributed by atoms with Crippen molar-refractivity contribution in [2.75, 3.05) is 44.7 Å². The van der Waals surface area contributed by atoms with E-state index < -0.39 is 23.9 Å². The van der Waals surface area contributed by atoms with Crippen molar-refractivity contribution in [1.82, 2.24) is 10.2 Å². The summed E-state index contributed by atoms with van der Waals surface area (Å²) in [5, 5.41) is 15.2. The molecule has 2 aromatic carbocycles. The zero-order chi connectivity index (χ0) is 24.3. The van der Waals surface area contributed by atoms with E-state index in [0.29, 0.717) is 18.0 Å². The molecule has 2 rings (SSSR count). The van der Waals surface area contributed by atoms with Gasteiger partial charge in [-0.2, -0.15) is 13.2 Å². The SMILES string of the molecule is CCN(CC)CCOc1ccccc1NC(=O)NC[C@H](O)COc1cccc(C(F)(F)F)c1. The van der Waals surface area contributed by atoms with E-state index in [1.54, 1.807) is 24.3 Å². The van der Waals surface area contributed by atoms with Gasteiger partial charge in [0.1, 0.15) is 30.8 Å². The molecule has 2 aromatic rings. The highest BCUT2D eigenvalue weighted by Crippen LogP contribution is 2.31. The van der Waals surface area contributed by atoms with Gasteiger partial charge in [0.05, 0.1) is 11.3 Å². The molecule has 0 aromatic heterocycles. The molecule has 0 spiro atoms. The van der Waals surface area contributed by atoms with Crippen LogP contribution in [0.25, 0.3) is 0 Å². The Kier molecular flexibility index (Phi) is 10.3. The number of urea groups is 1. The minimum absolute atomic E-state index is 0.0240. The van der Waals surface area contributed by atoms with Crippen LogP contribution in [-0.4, -0.2) is 61.5 Å². The Hall–Kier alpha value is -2.98. The van der Waals surface area contributed by atoms with Gasteiger partial charge in [0, 0.05) is 13.1 Å². The second-order valence-electron chi connectivity index (χ2n) is 7.20. The molecule has 0 heterocycles. The van der Waals surface area contributed by atoms with Crippen LogP contribution in [0.15, 0.2) is 48.5 Å². The second kappa shape index (κ2) is 12.9. The monoisotopic (exact) mass is 469 g/mol. The highest BCUT2D eigenvalue weighted by Gasteiger charge is 2.30. The summed E-state index contributed by atoms with van der Waals surface area (Å²) in [5.74, 6) is 0.498. The Labute approximate surface area is 191 Å². The van der Waals surface area contributed by atoms with Crippen molar-refractivity contribution in [3.63, 3.8) is 0 Å². The molecule has 3 N–H and O–H groups in total. The number of para-hydroxylation sites is 2. The number of aliphatic hydroxyl groups excluding tert-OH is 1. The maximum atomic E-state index is 12.8. The summed E-state index contributed by atoms with van der Waals surface area (Å²) < 4.78 is 49.2. The van der Waals surface area contributed by atoms with E-state index in [9.17, 15) is 23.1 Å². The van der Waals surface area contributed by atoms with Gasteiger partial charge in [-0.3, -0.25) is 0 Å². The average molecular weight is 470 g/mol. The first-order chi connectivity index (χ1) is 15.7. The van der Waals surface area contributed by atoms with Crippen LogP contribution in [0.2, 0.25) is 0 Å². The number of amides is 2. The molecule has 0 radical (unpaired) electrons. The van der Waals surface area contributed by atoms with E-state index in [1.165, 1.54) is 12.1 Å². The fourth-order valence-corrected chi connectivity index (χ4v) is 2.91. The summed E-state index contributed by atoms with van der Waals surface area (Å²) in [6.07, 6.45) is -5.60. The van der Waals surface area contributed by atoms with Crippen molar-refractivity contribution in [3.8, 4) is 11.5 Å². The van der Waals surface area contributed by atoms with Gasteiger partial charge in [-0.1, -0.05) is 32.0 Å². The molecule has 0 unspecified atom stereocenters. The minimum Gasteiger partial charge on any atom is -0.491 e. The van der Waals surface area contributed by atoms with E-state index in [4.69, 9.17) is 9.47 Å². The van der Waals surface area contributed by atoms with Gasteiger partial charge in [0.15, 0.2) is 0 Å². The number of nitrogens with zero attached hydrogens (tertiary/aromatic N) is 1. The lowest BCUT2D eigenvalue weighted by Gasteiger charge is -2.19. The Morgan fingerprint density at radius 3 is 2.52 bits per heavy atom. The number of hydrogen-bond donors (Lipinski definition) is 3. The maximum Gasteiger partial charge on any atom is 0.416 e. The van der Waals surface area contributed by atoms with Gasteiger partial charge in [-0.15, -0.1) is 0 Å². The Morgan fingerprint density at radius 2 is 1.82 bits per heavy atom. The Bertz CT molecular complexity index is 876. The van der Waals surface area contributed by atoms with Gasteiger partial charge < -0.3 is 30.1 Å². The number of alkyl halides is 3. The van der Waals surface area contributed by atoms with Gasteiger partial charge in [-0.05, 0) is 43.4 Å². The molecule has 0 bridgehead atoms. The zero-order valence-electron chi connectivity index (χ0n) is 18.7. The molecular weight excluding hydrogens is 439 g/mol. The van der Waals surface area contributed by atoms with Crippen molar-refractivity contribution >= 4 is 11.7 Å². The second-order valence-corrected chi connectivity index (χ2v) is 7.20. The number of ether oxygens (including phenoxy) is 2. The molecule has 1 atom stereocenters. The number of hydrogen-bond acceptors (Lipinski definition) is 5. The number of halogens is 3. The number of benzene rings is 2. The van der Waals surface area contributed by atoms with Crippen LogP contribution in [0.3, 0.4) is 0 Å². The van der Waals surface area contributed by atoms with Gasteiger partial charge in [0.25, 0.3) is 0 Å². The first-order valence-electron chi connectivity index (χ1n) is 10.7. The predicted molar refractivity (Wildman–Crippen MR) is 120 cm³/mol. The molecule has 0 aliphatic carbocycles. The summed E-state index contributed by atoms with van der Waals surface area (Å²) in [6.45, 7) is 6.76. The molecule has 0 fully saturated rings. The van der Waals surface area contributed by atoms with Crippen LogP contribution in [0.5, 0.6) is 11.5 Å². The van der Waals surface area contributed by atoms with E-state index in [0.717, 1.165) is 31.8 Å². The van der Waals surface area contributed by atoms with Crippen molar-refractivity contribution in [1.29, 1.82) is 0 Å². The number of carbonyl (C=O) groups is 1. The highest BCUT2D eigenvalue weighted by molar-refractivity contribution is 5.90. The number of rotatable bonds is 12. The lowest BCUT2D eigenvalue weighted by atomic mass is 10.2. The minimum atomic E-state index is -4.48. The average Bonchev–Trinajstić information content (AvgIpc) is 2.80. The molecule has 33 heavy (non-hydrogen) atoms. The van der Waals surface area contributed by atoms with E-state index >= 15 is 0 Å². The molecule has 10 heteroatoms. The summed E-state index contributed by atoms with van der Waals surface area (Å²) in [4.78, 5) is 14.4. The number of anilines is 1. The van der Waals surface area contributed by atoms with Crippen LogP contribution >= 0.6 is 0 Å².